The van der Waals surface area contributed by atoms with E-state index in [2.05, 4.69) is 40.4 Å². The van der Waals surface area contributed by atoms with Crippen LogP contribution in [0.3, 0.4) is 0 Å². The van der Waals surface area contributed by atoms with Crippen molar-refractivity contribution in [1.29, 1.82) is 0 Å². The number of benzene rings is 1. The van der Waals surface area contributed by atoms with E-state index in [1.165, 1.54) is 0 Å². The first-order chi connectivity index (χ1) is 9.54. The van der Waals surface area contributed by atoms with E-state index < -0.39 is 0 Å². The Morgan fingerprint density at radius 2 is 2.35 bits per heavy atom. The molecule has 1 fully saturated rings. The lowest BCUT2D eigenvalue weighted by Gasteiger charge is -2.13. The minimum absolute atomic E-state index is 0.219. The van der Waals surface area contributed by atoms with Gasteiger partial charge in [0.15, 0.2) is 6.10 Å². The van der Waals surface area contributed by atoms with E-state index in [1.54, 1.807) is 0 Å². The summed E-state index contributed by atoms with van der Waals surface area (Å²) in [6, 6.07) is 6.28. The number of alkyl carbamates (subject to hydrolysis) is 1. The fraction of sp³-hybridized carbons (Fsp3) is 0.500. The normalized spacial score (nSPS) is 18.0. The highest BCUT2D eigenvalue weighted by Crippen LogP contribution is 2.23. The molecule has 0 aliphatic carbocycles. The second kappa shape index (κ2) is 6.95. The summed E-state index contributed by atoms with van der Waals surface area (Å²) in [4.78, 5) is 10.9. The molecule has 5 nitrogen and oxygen atoms in total. The van der Waals surface area contributed by atoms with Crippen molar-refractivity contribution >= 4 is 22.0 Å². The molecule has 1 saturated heterocycles. The van der Waals surface area contributed by atoms with Crippen LogP contribution in [0.2, 0.25) is 0 Å². The molecule has 1 aliphatic rings. The Labute approximate surface area is 127 Å². The molecule has 0 aromatic heterocycles. The number of hydrogen-bond acceptors (Lipinski definition) is 4. The van der Waals surface area contributed by atoms with Crippen LogP contribution in [0.1, 0.15) is 19.4 Å². The summed E-state index contributed by atoms with van der Waals surface area (Å²) >= 11 is 3.53. The molecule has 1 unspecified atom stereocenters. The third kappa shape index (κ3) is 4.38. The fourth-order valence-corrected chi connectivity index (χ4v) is 2.19. The number of cyclic esters (lactones) is 1. The van der Waals surface area contributed by atoms with Gasteiger partial charge in [0.1, 0.15) is 12.4 Å². The first-order valence-corrected chi connectivity index (χ1v) is 7.43. The molecule has 1 heterocycles. The van der Waals surface area contributed by atoms with Crippen molar-refractivity contribution in [3.8, 4) is 5.75 Å². The highest BCUT2D eigenvalue weighted by Gasteiger charge is 2.22. The highest BCUT2D eigenvalue weighted by molar-refractivity contribution is 9.10. The molecule has 110 valence electrons. The predicted molar refractivity (Wildman–Crippen MR) is 79.9 cm³/mol. The van der Waals surface area contributed by atoms with Gasteiger partial charge in [-0.25, -0.2) is 4.79 Å². The number of carbonyl (C=O) groups excluding carboxylic acids is 1. The lowest BCUT2D eigenvalue weighted by molar-refractivity contribution is 0.105. The molecule has 1 atom stereocenters. The number of halogens is 1. The maximum atomic E-state index is 10.9. The average Bonchev–Trinajstić information content (AvgIpc) is 2.82. The molecule has 1 aromatic carbocycles. The van der Waals surface area contributed by atoms with Crippen molar-refractivity contribution in [2.75, 3.05) is 13.2 Å². The SMILES string of the molecule is CC(C)NCc1cc(OCC2CNC(=O)O2)ccc1Br. The largest absolute Gasteiger partial charge is 0.490 e. The molecule has 0 saturated carbocycles. The van der Waals surface area contributed by atoms with Gasteiger partial charge in [0.25, 0.3) is 0 Å². The predicted octanol–water partition coefficient (Wildman–Crippen LogP) is 2.43. The second-order valence-corrected chi connectivity index (χ2v) is 5.86. The number of nitrogens with one attached hydrogen (secondary N) is 2. The molecule has 0 radical (unpaired) electrons. The monoisotopic (exact) mass is 342 g/mol. The first-order valence-electron chi connectivity index (χ1n) is 6.63. The van der Waals surface area contributed by atoms with E-state index in [1.807, 2.05) is 18.2 Å². The zero-order valence-corrected chi connectivity index (χ0v) is 13.2. The fourth-order valence-electron chi connectivity index (χ4n) is 1.80. The summed E-state index contributed by atoms with van der Waals surface area (Å²) in [6.07, 6.45) is -0.598. The topological polar surface area (TPSA) is 59.6 Å². The summed E-state index contributed by atoms with van der Waals surface area (Å²) in [5.41, 5.74) is 1.14. The van der Waals surface area contributed by atoms with E-state index in [4.69, 9.17) is 9.47 Å². The first kappa shape index (κ1) is 15.1. The van der Waals surface area contributed by atoms with Crippen molar-refractivity contribution in [2.45, 2.75) is 32.5 Å². The third-order valence-electron chi connectivity index (χ3n) is 2.90. The molecule has 2 rings (SSSR count). The average molecular weight is 343 g/mol. The van der Waals surface area contributed by atoms with E-state index in [9.17, 15) is 4.79 Å². The number of rotatable bonds is 6. The molecule has 2 N–H and O–H groups in total. The summed E-state index contributed by atoms with van der Waals surface area (Å²) < 4.78 is 11.7. The Morgan fingerprint density at radius 3 is 3.00 bits per heavy atom. The number of carbonyl (C=O) groups is 1. The zero-order valence-electron chi connectivity index (χ0n) is 11.6. The van der Waals surface area contributed by atoms with Gasteiger partial charge in [-0.2, -0.15) is 0 Å². The van der Waals surface area contributed by atoms with Crippen molar-refractivity contribution in [3.63, 3.8) is 0 Å². The molecule has 20 heavy (non-hydrogen) atoms. The van der Waals surface area contributed by atoms with Gasteiger partial charge in [0, 0.05) is 17.1 Å². The van der Waals surface area contributed by atoms with E-state index in [0.717, 1.165) is 22.3 Å². The third-order valence-corrected chi connectivity index (χ3v) is 3.68. The van der Waals surface area contributed by atoms with Crippen molar-refractivity contribution in [3.05, 3.63) is 28.2 Å². The molecule has 1 aromatic rings. The van der Waals surface area contributed by atoms with Gasteiger partial charge in [-0.3, -0.25) is 0 Å². The quantitative estimate of drug-likeness (QED) is 0.833. The highest BCUT2D eigenvalue weighted by atomic mass is 79.9. The molecular weight excluding hydrogens is 324 g/mol. The number of amides is 1. The van der Waals surface area contributed by atoms with Gasteiger partial charge in [-0.05, 0) is 23.8 Å². The molecule has 1 amide bonds. The van der Waals surface area contributed by atoms with Gasteiger partial charge in [-0.15, -0.1) is 0 Å². The minimum atomic E-state index is -0.378. The van der Waals surface area contributed by atoms with E-state index >= 15 is 0 Å². The van der Waals surface area contributed by atoms with Crippen molar-refractivity contribution in [1.82, 2.24) is 10.6 Å². The molecule has 0 spiro atoms. The standard InChI is InChI=1S/C14H19BrN2O3/c1-9(2)16-6-10-5-11(3-4-13(10)15)19-8-12-7-17-14(18)20-12/h3-5,9,12,16H,6-8H2,1-2H3,(H,17,18). The van der Waals surface area contributed by atoms with E-state index in [0.29, 0.717) is 19.2 Å². The van der Waals surface area contributed by atoms with Crippen LogP contribution in [0.5, 0.6) is 5.75 Å². The Hall–Kier alpha value is -1.27. The second-order valence-electron chi connectivity index (χ2n) is 5.01. The molecule has 1 aliphatic heterocycles. The van der Waals surface area contributed by atoms with Gasteiger partial charge in [0.05, 0.1) is 6.54 Å². The van der Waals surface area contributed by atoms with Crippen LogP contribution in [-0.2, 0) is 11.3 Å². The maximum absolute atomic E-state index is 10.9. The van der Waals surface area contributed by atoms with Crippen LogP contribution < -0.4 is 15.4 Å². The van der Waals surface area contributed by atoms with Crippen molar-refractivity contribution in [2.24, 2.45) is 0 Å². The van der Waals surface area contributed by atoms with Gasteiger partial charge < -0.3 is 20.1 Å². The zero-order chi connectivity index (χ0) is 14.5. The Bertz CT molecular complexity index is 479. The molecule has 0 bridgehead atoms. The summed E-state index contributed by atoms with van der Waals surface area (Å²) in [5.74, 6) is 0.775. The summed E-state index contributed by atoms with van der Waals surface area (Å²) in [6.45, 7) is 5.84. The Balaban J connectivity index is 1.91. The van der Waals surface area contributed by atoms with Gasteiger partial charge in [-0.1, -0.05) is 29.8 Å². The molecule has 6 heteroatoms. The summed E-state index contributed by atoms with van der Waals surface area (Å²) in [5, 5.41) is 5.97. The number of hydrogen-bond donors (Lipinski definition) is 2. The maximum Gasteiger partial charge on any atom is 0.407 e. The van der Waals surface area contributed by atoms with Crippen LogP contribution in [0.15, 0.2) is 22.7 Å². The van der Waals surface area contributed by atoms with Gasteiger partial charge in [0.2, 0.25) is 0 Å². The van der Waals surface area contributed by atoms with Crippen LogP contribution in [0.25, 0.3) is 0 Å². The minimum Gasteiger partial charge on any atom is -0.490 e. The Morgan fingerprint density at radius 1 is 1.55 bits per heavy atom. The van der Waals surface area contributed by atoms with Crippen LogP contribution in [-0.4, -0.2) is 31.4 Å². The van der Waals surface area contributed by atoms with Crippen LogP contribution in [0, 0.1) is 0 Å². The van der Waals surface area contributed by atoms with Crippen LogP contribution >= 0.6 is 15.9 Å². The van der Waals surface area contributed by atoms with E-state index in [-0.39, 0.29) is 12.2 Å². The summed E-state index contributed by atoms with van der Waals surface area (Å²) in [7, 11) is 0. The Kier molecular flexibility index (Phi) is 5.25. The number of ether oxygens (including phenoxy) is 2. The van der Waals surface area contributed by atoms with Crippen LogP contribution in [0.4, 0.5) is 4.79 Å². The lowest BCUT2D eigenvalue weighted by Crippen LogP contribution is -2.23. The van der Waals surface area contributed by atoms with Gasteiger partial charge >= 0.3 is 6.09 Å². The lowest BCUT2D eigenvalue weighted by atomic mass is 10.2. The van der Waals surface area contributed by atoms with Crippen molar-refractivity contribution < 1.29 is 14.3 Å². The molecular formula is C14H19BrN2O3. The smallest absolute Gasteiger partial charge is 0.407 e.